The Balaban J connectivity index is 2.21. The van der Waals surface area contributed by atoms with Gasteiger partial charge in [0.1, 0.15) is 6.61 Å². The Hall–Kier alpha value is -3.15. The molecular formula is C16H12O6. The van der Waals surface area contributed by atoms with Crippen LogP contribution >= 0.6 is 0 Å². The summed E-state index contributed by atoms with van der Waals surface area (Å²) in [5.74, 6) is -3.42. The summed E-state index contributed by atoms with van der Waals surface area (Å²) in [7, 11) is 0. The second-order valence-electron chi connectivity index (χ2n) is 4.47. The van der Waals surface area contributed by atoms with Gasteiger partial charge in [0.15, 0.2) is 0 Å². The first kappa shape index (κ1) is 15.2. The molecular weight excluding hydrogens is 288 g/mol. The lowest BCUT2D eigenvalue weighted by atomic mass is 10.1. The predicted octanol–water partition coefficient (Wildman–Crippen LogP) is 2.44. The Morgan fingerprint density at radius 3 is 1.82 bits per heavy atom. The molecule has 2 aromatic rings. The van der Waals surface area contributed by atoms with E-state index in [2.05, 4.69) is 0 Å². The summed E-state index contributed by atoms with van der Waals surface area (Å²) >= 11 is 0. The summed E-state index contributed by atoms with van der Waals surface area (Å²) in [6.45, 7) is 0.0133. The smallest absolute Gasteiger partial charge is 0.338 e. The molecule has 22 heavy (non-hydrogen) atoms. The van der Waals surface area contributed by atoms with Crippen LogP contribution in [0.3, 0.4) is 0 Å². The van der Waals surface area contributed by atoms with Gasteiger partial charge in [0.05, 0.1) is 16.7 Å². The van der Waals surface area contributed by atoms with Crippen LogP contribution in [-0.2, 0) is 11.3 Å². The number of carbonyl (C=O) groups excluding carboxylic acids is 1. The lowest BCUT2D eigenvalue weighted by molar-refractivity contribution is 0.0472. The molecule has 0 aliphatic heterocycles. The lowest BCUT2D eigenvalue weighted by Gasteiger charge is -2.07. The minimum absolute atomic E-state index is 0.0133. The van der Waals surface area contributed by atoms with Crippen LogP contribution in [0.1, 0.15) is 36.6 Å². The molecule has 0 aliphatic rings. The Labute approximate surface area is 125 Å². The maximum atomic E-state index is 12.0. The summed E-state index contributed by atoms with van der Waals surface area (Å²) in [6, 6.07) is 12.1. The zero-order valence-corrected chi connectivity index (χ0v) is 11.4. The van der Waals surface area contributed by atoms with Gasteiger partial charge < -0.3 is 14.9 Å². The third-order valence-electron chi connectivity index (χ3n) is 2.88. The number of carbonyl (C=O) groups is 3. The topological polar surface area (TPSA) is 101 Å². The highest BCUT2D eigenvalue weighted by molar-refractivity contribution is 5.99. The Bertz CT molecular complexity index is 688. The summed E-state index contributed by atoms with van der Waals surface area (Å²) < 4.78 is 5.06. The van der Waals surface area contributed by atoms with Crippen molar-refractivity contribution in [1.82, 2.24) is 0 Å². The van der Waals surface area contributed by atoms with Gasteiger partial charge in [0.25, 0.3) is 0 Å². The fraction of sp³-hybridized carbons (Fsp3) is 0.0625. The first-order valence-corrected chi connectivity index (χ1v) is 6.30. The van der Waals surface area contributed by atoms with Gasteiger partial charge in [0.2, 0.25) is 0 Å². The molecule has 6 heteroatoms. The van der Waals surface area contributed by atoms with Crippen molar-refractivity contribution in [2.45, 2.75) is 6.61 Å². The molecule has 2 aromatic carbocycles. The van der Waals surface area contributed by atoms with E-state index in [1.54, 1.807) is 24.3 Å². The third-order valence-corrected chi connectivity index (χ3v) is 2.88. The van der Waals surface area contributed by atoms with Crippen LogP contribution in [0.4, 0.5) is 0 Å². The molecule has 2 rings (SSSR count). The molecule has 0 heterocycles. The van der Waals surface area contributed by atoms with E-state index in [1.165, 1.54) is 0 Å². The molecule has 6 nitrogen and oxygen atoms in total. The first-order chi connectivity index (χ1) is 10.5. The molecule has 0 aromatic heterocycles. The van der Waals surface area contributed by atoms with Crippen LogP contribution < -0.4 is 0 Å². The summed E-state index contributed by atoms with van der Waals surface area (Å²) in [6.07, 6.45) is 0. The van der Waals surface area contributed by atoms with Gasteiger partial charge in [0, 0.05) is 0 Å². The van der Waals surface area contributed by atoms with Gasteiger partial charge in [-0.25, -0.2) is 14.4 Å². The number of ether oxygens (including phenoxy) is 1. The van der Waals surface area contributed by atoms with Gasteiger partial charge in [-0.2, -0.15) is 0 Å². The van der Waals surface area contributed by atoms with E-state index >= 15 is 0 Å². The van der Waals surface area contributed by atoms with Crippen molar-refractivity contribution in [3.05, 3.63) is 70.8 Å². The number of hydrogen-bond acceptors (Lipinski definition) is 4. The number of benzene rings is 2. The van der Waals surface area contributed by atoms with E-state index in [4.69, 9.17) is 14.9 Å². The molecule has 0 unspecified atom stereocenters. The molecule has 0 radical (unpaired) electrons. The normalized spacial score (nSPS) is 10.0. The average molecular weight is 300 g/mol. The Morgan fingerprint density at radius 1 is 0.818 bits per heavy atom. The van der Waals surface area contributed by atoms with E-state index in [9.17, 15) is 14.4 Å². The molecule has 0 saturated heterocycles. The van der Waals surface area contributed by atoms with Crippen molar-refractivity contribution in [1.29, 1.82) is 0 Å². The largest absolute Gasteiger partial charge is 0.478 e. The fourth-order valence-electron chi connectivity index (χ4n) is 1.80. The second-order valence-corrected chi connectivity index (χ2v) is 4.47. The highest BCUT2D eigenvalue weighted by Crippen LogP contribution is 2.13. The molecule has 0 bridgehead atoms. The number of rotatable bonds is 5. The van der Waals surface area contributed by atoms with Gasteiger partial charge in [-0.1, -0.05) is 30.3 Å². The summed E-state index contributed by atoms with van der Waals surface area (Å²) in [5, 5.41) is 17.9. The second kappa shape index (κ2) is 6.53. The van der Waals surface area contributed by atoms with Crippen LogP contribution in [0.2, 0.25) is 0 Å². The van der Waals surface area contributed by atoms with Crippen LogP contribution in [-0.4, -0.2) is 28.1 Å². The van der Waals surface area contributed by atoms with Crippen LogP contribution in [0.5, 0.6) is 0 Å². The zero-order valence-electron chi connectivity index (χ0n) is 11.4. The minimum Gasteiger partial charge on any atom is -0.478 e. The number of carboxylic acids is 2. The number of carboxylic acid groups (broad SMARTS) is 2. The Kier molecular flexibility index (Phi) is 4.53. The average Bonchev–Trinajstić information content (AvgIpc) is 2.53. The van der Waals surface area contributed by atoms with Gasteiger partial charge in [-0.05, 0) is 23.8 Å². The Morgan fingerprint density at radius 2 is 1.32 bits per heavy atom. The van der Waals surface area contributed by atoms with E-state index in [1.807, 2.05) is 6.07 Å². The molecule has 0 aliphatic carbocycles. The zero-order chi connectivity index (χ0) is 16.1. The predicted molar refractivity (Wildman–Crippen MR) is 75.9 cm³/mol. The first-order valence-electron chi connectivity index (χ1n) is 6.30. The maximum absolute atomic E-state index is 12.0. The monoisotopic (exact) mass is 300 g/mol. The van der Waals surface area contributed by atoms with Crippen LogP contribution in [0.25, 0.3) is 0 Å². The standard InChI is InChI=1S/C16H12O6/c17-14(18)11-6-12(15(19)20)8-13(7-11)16(21)22-9-10-4-2-1-3-5-10/h1-8H,9H2,(H,17,18)(H,19,20). The number of aromatic carboxylic acids is 2. The molecule has 0 amide bonds. The summed E-state index contributed by atoms with van der Waals surface area (Å²) in [5.41, 5.74) is 0.0788. The van der Waals surface area contributed by atoms with Crippen LogP contribution in [0, 0.1) is 0 Å². The van der Waals surface area contributed by atoms with Crippen molar-refractivity contribution in [3.63, 3.8) is 0 Å². The van der Waals surface area contributed by atoms with Gasteiger partial charge in [-0.15, -0.1) is 0 Å². The molecule has 112 valence electrons. The van der Waals surface area contributed by atoms with Crippen molar-refractivity contribution < 1.29 is 29.3 Å². The lowest BCUT2D eigenvalue weighted by Crippen LogP contribution is -2.10. The molecule has 0 atom stereocenters. The number of esters is 1. The van der Waals surface area contributed by atoms with Crippen molar-refractivity contribution in [2.24, 2.45) is 0 Å². The number of hydrogen-bond donors (Lipinski definition) is 2. The third kappa shape index (κ3) is 3.69. The molecule has 0 fully saturated rings. The van der Waals surface area contributed by atoms with E-state index in [0.29, 0.717) is 0 Å². The quantitative estimate of drug-likeness (QED) is 0.822. The maximum Gasteiger partial charge on any atom is 0.338 e. The fourth-order valence-corrected chi connectivity index (χ4v) is 1.80. The molecule has 2 N–H and O–H groups in total. The van der Waals surface area contributed by atoms with E-state index in [-0.39, 0.29) is 23.3 Å². The van der Waals surface area contributed by atoms with Crippen molar-refractivity contribution in [2.75, 3.05) is 0 Å². The van der Waals surface area contributed by atoms with E-state index < -0.39 is 17.9 Å². The van der Waals surface area contributed by atoms with Crippen LogP contribution in [0.15, 0.2) is 48.5 Å². The molecule has 0 saturated carbocycles. The van der Waals surface area contributed by atoms with Crippen molar-refractivity contribution >= 4 is 17.9 Å². The highest BCUT2D eigenvalue weighted by atomic mass is 16.5. The van der Waals surface area contributed by atoms with Gasteiger partial charge >= 0.3 is 17.9 Å². The van der Waals surface area contributed by atoms with Gasteiger partial charge in [-0.3, -0.25) is 0 Å². The van der Waals surface area contributed by atoms with E-state index in [0.717, 1.165) is 23.8 Å². The minimum atomic E-state index is -1.32. The summed E-state index contributed by atoms with van der Waals surface area (Å²) in [4.78, 5) is 33.9. The molecule has 0 spiro atoms. The van der Waals surface area contributed by atoms with Crippen molar-refractivity contribution in [3.8, 4) is 0 Å². The highest BCUT2D eigenvalue weighted by Gasteiger charge is 2.16. The SMILES string of the molecule is O=C(O)c1cc(C(=O)O)cc(C(=O)OCc2ccccc2)c1.